The van der Waals surface area contributed by atoms with E-state index >= 15 is 0 Å². The molecule has 2 heterocycles. The molecule has 0 spiro atoms. The lowest BCUT2D eigenvalue weighted by molar-refractivity contribution is -0.133. The van der Waals surface area contributed by atoms with Crippen LogP contribution >= 0.6 is 0 Å². The average molecular weight is 360 g/mol. The fraction of sp³-hybridized carbons (Fsp3) is 0.474. The number of aryl methyl sites for hydroxylation is 1. The molecule has 1 fully saturated rings. The molecule has 0 bridgehead atoms. The molecule has 1 aliphatic heterocycles. The molecule has 0 unspecified atom stereocenters. The van der Waals surface area contributed by atoms with E-state index in [4.69, 9.17) is 14.0 Å². The number of H-pyrrole nitrogens is 1. The van der Waals surface area contributed by atoms with Crippen LogP contribution in [0.15, 0.2) is 39.6 Å². The minimum Gasteiger partial charge on any atom is -0.497 e. The van der Waals surface area contributed by atoms with Crippen molar-refractivity contribution in [3.05, 3.63) is 46.4 Å². The number of benzene rings is 1. The van der Waals surface area contributed by atoms with Crippen LogP contribution < -0.4 is 15.0 Å². The van der Waals surface area contributed by atoms with Gasteiger partial charge in [0.2, 0.25) is 5.91 Å². The molecule has 1 aliphatic rings. The molecule has 26 heavy (non-hydrogen) atoms. The summed E-state index contributed by atoms with van der Waals surface area (Å²) in [6.45, 7) is 2.04. The Kier molecular flexibility index (Phi) is 5.99. The topological polar surface area (TPSA) is 84.8 Å². The Bertz CT molecular complexity index is 782. The molecule has 140 valence electrons. The van der Waals surface area contributed by atoms with E-state index in [9.17, 15) is 9.59 Å². The number of aromatic nitrogens is 1. The second kappa shape index (κ2) is 8.60. The van der Waals surface area contributed by atoms with Crippen LogP contribution in [0.1, 0.15) is 25.0 Å². The monoisotopic (exact) mass is 360 g/mol. The van der Waals surface area contributed by atoms with Crippen molar-refractivity contribution in [2.24, 2.45) is 5.92 Å². The molecular formula is C19H24N2O5. The standard InChI is InChI=1S/C19H24N2O5/c1-24-15-5-2-6-16(10-15)25-13-14-4-3-9-21(12-14)19(23)8-7-17-11-18(22)20-26-17/h2,5-6,10-11,14H,3-4,7-9,12-13H2,1H3,(H,20,22)/t14-/m1/s1. The predicted octanol–water partition coefficient (Wildman–Crippen LogP) is 2.23. The molecule has 1 saturated heterocycles. The van der Waals surface area contributed by atoms with Gasteiger partial charge >= 0.3 is 0 Å². The SMILES string of the molecule is COc1cccc(OC[C@@H]2CCCN(C(=O)CCc3cc(=O)[nH]o3)C2)c1. The van der Waals surface area contributed by atoms with Gasteiger partial charge in [0.1, 0.15) is 17.3 Å². The van der Waals surface area contributed by atoms with Crippen molar-refractivity contribution in [2.45, 2.75) is 25.7 Å². The number of likely N-dealkylation sites (tertiary alicyclic amines) is 1. The highest BCUT2D eigenvalue weighted by Gasteiger charge is 2.24. The highest BCUT2D eigenvalue weighted by molar-refractivity contribution is 5.76. The van der Waals surface area contributed by atoms with Gasteiger partial charge in [-0.05, 0) is 25.0 Å². The van der Waals surface area contributed by atoms with Crippen LogP contribution in [0.25, 0.3) is 0 Å². The zero-order valence-corrected chi connectivity index (χ0v) is 14.9. The fourth-order valence-corrected chi connectivity index (χ4v) is 3.17. The molecule has 1 aromatic heterocycles. The van der Waals surface area contributed by atoms with Crippen LogP contribution in [-0.4, -0.2) is 42.8 Å². The van der Waals surface area contributed by atoms with Crippen LogP contribution in [0.2, 0.25) is 0 Å². The highest BCUT2D eigenvalue weighted by atomic mass is 16.5. The predicted molar refractivity (Wildman–Crippen MR) is 95.4 cm³/mol. The van der Waals surface area contributed by atoms with E-state index in [1.807, 2.05) is 29.2 Å². The number of carbonyl (C=O) groups is 1. The first-order chi connectivity index (χ1) is 12.6. The normalized spacial score (nSPS) is 17.1. The first-order valence-corrected chi connectivity index (χ1v) is 8.86. The van der Waals surface area contributed by atoms with Gasteiger partial charge < -0.3 is 18.9 Å². The van der Waals surface area contributed by atoms with E-state index in [-0.39, 0.29) is 11.5 Å². The Labute approximate surface area is 151 Å². The van der Waals surface area contributed by atoms with E-state index in [2.05, 4.69) is 5.16 Å². The summed E-state index contributed by atoms with van der Waals surface area (Å²) < 4.78 is 16.1. The molecule has 1 N–H and O–H groups in total. The van der Waals surface area contributed by atoms with Gasteiger partial charge in [-0.25, -0.2) is 0 Å². The molecule has 0 aliphatic carbocycles. The van der Waals surface area contributed by atoms with Crippen molar-refractivity contribution < 1.29 is 18.8 Å². The maximum atomic E-state index is 12.4. The smallest absolute Gasteiger partial charge is 0.280 e. The molecule has 3 rings (SSSR count). The quantitative estimate of drug-likeness (QED) is 0.818. The number of ether oxygens (including phenoxy) is 2. The Hall–Kier alpha value is -2.70. The van der Waals surface area contributed by atoms with Crippen molar-refractivity contribution in [1.29, 1.82) is 0 Å². The Morgan fingerprint density at radius 1 is 1.35 bits per heavy atom. The summed E-state index contributed by atoms with van der Waals surface area (Å²) in [5.41, 5.74) is -0.278. The molecule has 1 amide bonds. The van der Waals surface area contributed by atoms with Crippen LogP contribution in [0.5, 0.6) is 11.5 Å². The lowest BCUT2D eigenvalue weighted by Crippen LogP contribution is -2.41. The molecule has 7 heteroatoms. The van der Waals surface area contributed by atoms with E-state index in [1.54, 1.807) is 7.11 Å². The largest absolute Gasteiger partial charge is 0.497 e. The van der Waals surface area contributed by atoms with Gasteiger partial charge in [0.25, 0.3) is 5.56 Å². The summed E-state index contributed by atoms with van der Waals surface area (Å²) in [5, 5.41) is 2.24. The summed E-state index contributed by atoms with van der Waals surface area (Å²) >= 11 is 0. The third-order valence-corrected chi connectivity index (χ3v) is 4.56. The highest BCUT2D eigenvalue weighted by Crippen LogP contribution is 2.22. The number of amides is 1. The van der Waals surface area contributed by atoms with E-state index in [0.717, 1.165) is 30.9 Å². The summed E-state index contributed by atoms with van der Waals surface area (Å²) in [4.78, 5) is 25.3. The zero-order valence-electron chi connectivity index (χ0n) is 14.9. The summed E-state index contributed by atoms with van der Waals surface area (Å²) in [6.07, 6.45) is 2.78. The molecule has 1 aromatic carbocycles. The average Bonchev–Trinajstić information content (AvgIpc) is 3.10. The van der Waals surface area contributed by atoms with Crippen molar-refractivity contribution >= 4 is 5.91 Å². The Morgan fingerprint density at radius 3 is 2.96 bits per heavy atom. The number of nitrogens with zero attached hydrogens (tertiary/aromatic N) is 1. The summed E-state index contributed by atoms with van der Waals surface area (Å²) in [5.74, 6) is 2.44. The van der Waals surface area contributed by atoms with E-state index in [0.29, 0.717) is 37.7 Å². The number of carbonyl (C=O) groups excluding carboxylic acids is 1. The Balaban J connectivity index is 1.47. The molecule has 2 aromatic rings. The van der Waals surface area contributed by atoms with Gasteiger partial charge in [-0.2, -0.15) is 5.16 Å². The lowest BCUT2D eigenvalue weighted by Gasteiger charge is -2.32. The van der Waals surface area contributed by atoms with Crippen molar-refractivity contribution in [2.75, 3.05) is 26.8 Å². The Morgan fingerprint density at radius 2 is 2.19 bits per heavy atom. The zero-order chi connectivity index (χ0) is 18.4. The van der Waals surface area contributed by atoms with Gasteiger partial charge in [-0.15, -0.1) is 0 Å². The minimum absolute atomic E-state index is 0.0833. The van der Waals surface area contributed by atoms with Crippen LogP contribution in [-0.2, 0) is 11.2 Å². The first-order valence-electron chi connectivity index (χ1n) is 8.86. The molecular weight excluding hydrogens is 336 g/mol. The molecule has 0 radical (unpaired) electrons. The molecule has 1 atom stereocenters. The van der Waals surface area contributed by atoms with E-state index < -0.39 is 0 Å². The van der Waals surface area contributed by atoms with Crippen LogP contribution in [0.4, 0.5) is 0 Å². The summed E-state index contributed by atoms with van der Waals surface area (Å²) in [6, 6.07) is 8.91. The maximum Gasteiger partial charge on any atom is 0.280 e. The van der Waals surface area contributed by atoms with Gasteiger partial charge in [0.05, 0.1) is 13.7 Å². The molecule has 0 saturated carbocycles. The van der Waals surface area contributed by atoms with Crippen LogP contribution in [0.3, 0.4) is 0 Å². The van der Waals surface area contributed by atoms with Gasteiger partial charge in [-0.1, -0.05) is 6.07 Å². The van der Waals surface area contributed by atoms with Crippen molar-refractivity contribution in [1.82, 2.24) is 10.1 Å². The third-order valence-electron chi connectivity index (χ3n) is 4.56. The second-order valence-corrected chi connectivity index (χ2v) is 6.52. The number of rotatable bonds is 7. The number of piperidine rings is 1. The number of hydrogen-bond donors (Lipinski definition) is 1. The number of hydrogen-bond acceptors (Lipinski definition) is 5. The molecule has 7 nitrogen and oxygen atoms in total. The van der Waals surface area contributed by atoms with Gasteiger partial charge in [0.15, 0.2) is 0 Å². The number of aromatic amines is 1. The lowest BCUT2D eigenvalue weighted by atomic mass is 9.98. The van der Waals surface area contributed by atoms with Crippen molar-refractivity contribution in [3.63, 3.8) is 0 Å². The number of methoxy groups -OCH3 is 1. The van der Waals surface area contributed by atoms with Gasteiger partial charge in [0, 0.05) is 44.0 Å². The minimum atomic E-state index is -0.278. The van der Waals surface area contributed by atoms with Crippen LogP contribution in [0, 0.1) is 5.92 Å². The third kappa shape index (κ3) is 4.91. The number of nitrogens with one attached hydrogen (secondary N) is 1. The second-order valence-electron chi connectivity index (χ2n) is 6.52. The maximum absolute atomic E-state index is 12.4. The summed E-state index contributed by atoms with van der Waals surface area (Å²) in [7, 11) is 1.63. The van der Waals surface area contributed by atoms with Gasteiger partial charge in [-0.3, -0.25) is 9.59 Å². The first kappa shape index (κ1) is 18.1. The van der Waals surface area contributed by atoms with Crippen molar-refractivity contribution in [3.8, 4) is 11.5 Å². The van der Waals surface area contributed by atoms with E-state index in [1.165, 1.54) is 6.07 Å². The fourth-order valence-electron chi connectivity index (χ4n) is 3.17.